The van der Waals surface area contributed by atoms with E-state index < -0.39 is 35.1 Å². The first-order chi connectivity index (χ1) is 15.7. The summed E-state index contributed by atoms with van der Waals surface area (Å²) in [5.74, 6) is -0.273. The Hall–Kier alpha value is -3.55. The largest absolute Gasteiger partial charge is 0.493 e. The highest BCUT2D eigenvalue weighted by molar-refractivity contribution is 5.96. The third-order valence-electron chi connectivity index (χ3n) is 5.78. The van der Waals surface area contributed by atoms with E-state index in [2.05, 4.69) is 0 Å². The Morgan fingerprint density at radius 2 is 1.61 bits per heavy atom. The van der Waals surface area contributed by atoms with Gasteiger partial charge in [-0.3, -0.25) is 4.79 Å². The number of hydrogen-bond acceptors (Lipinski definition) is 3. The topological polar surface area (TPSA) is 38.8 Å². The first-order valence-corrected chi connectivity index (χ1v) is 10.2. The summed E-state index contributed by atoms with van der Waals surface area (Å²) >= 11 is 0. The molecule has 1 heterocycles. The summed E-state index contributed by atoms with van der Waals surface area (Å²) < 4.78 is 65.3. The second kappa shape index (κ2) is 8.77. The molecule has 0 bridgehead atoms. The molecule has 0 fully saturated rings. The molecule has 0 aromatic heterocycles. The van der Waals surface area contributed by atoms with Gasteiger partial charge in [-0.2, -0.15) is 13.2 Å². The van der Waals surface area contributed by atoms with Crippen LogP contribution in [0.2, 0.25) is 0 Å². The van der Waals surface area contributed by atoms with E-state index in [0.29, 0.717) is 29.0 Å². The number of rotatable bonds is 4. The van der Waals surface area contributed by atoms with Gasteiger partial charge in [-0.1, -0.05) is 24.3 Å². The van der Waals surface area contributed by atoms with Crippen molar-refractivity contribution in [2.75, 3.05) is 20.8 Å². The summed E-state index contributed by atoms with van der Waals surface area (Å²) in [7, 11) is 2.98. The lowest BCUT2D eigenvalue weighted by atomic mass is 9.87. The van der Waals surface area contributed by atoms with Crippen LogP contribution in [0.4, 0.5) is 17.6 Å². The van der Waals surface area contributed by atoms with Crippen molar-refractivity contribution in [2.24, 2.45) is 0 Å². The van der Waals surface area contributed by atoms with E-state index >= 15 is 0 Å². The van der Waals surface area contributed by atoms with Gasteiger partial charge in [0, 0.05) is 6.54 Å². The van der Waals surface area contributed by atoms with Gasteiger partial charge < -0.3 is 14.4 Å². The van der Waals surface area contributed by atoms with E-state index in [1.54, 1.807) is 12.1 Å². The van der Waals surface area contributed by atoms with Crippen LogP contribution in [0.5, 0.6) is 11.5 Å². The van der Waals surface area contributed by atoms with Crippen molar-refractivity contribution in [3.05, 3.63) is 94.3 Å². The van der Waals surface area contributed by atoms with Crippen LogP contribution in [0.15, 0.2) is 60.7 Å². The predicted octanol–water partition coefficient (Wildman–Crippen LogP) is 5.65. The summed E-state index contributed by atoms with van der Waals surface area (Å²) in [6.45, 7) is 0.176. The smallest absolute Gasteiger partial charge is 0.417 e. The van der Waals surface area contributed by atoms with E-state index in [9.17, 15) is 22.4 Å². The van der Waals surface area contributed by atoms with Crippen LogP contribution in [0.3, 0.4) is 0 Å². The Bertz CT molecular complexity index is 1180. The van der Waals surface area contributed by atoms with Crippen molar-refractivity contribution in [1.82, 2.24) is 4.90 Å². The van der Waals surface area contributed by atoms with Crippen molar-refractivity contribution >= 4 is 5.91 Å². The highest BCUT2D eigenvalue weighted by Gasteiger charge is 2.39. The number of carbonyl (C=O) groups is 1. The average molecular weight is 459 g/mol. The Morgan fingerprint density at radius 1 is 0.970 bits per heavy atom. The van der Waals surface area contributed by atoms with Gasteiger partial charge in [-0.25, -0.2) is 4.39 Å². The number of benzene rings is 3. The zero-order chi connectivity index (χ0) is 23.8. The molecule has 3 aromatic rings. The summed E-state index contributed by atoms with van der Waals surface area (Å²) in [6.07, 6.45) is -4.27. The Labute approximate surface area is 188 Å². The second-order valence-corrected chi connectivity index (χ2v) is 7.65. The number of methoxy groups -OCH3 is 2. The molecule has 0 spiro atoms. The van der Waals surface area contributed by atoms with Crippen molar-refractivity contribution in [3.63, 3.8) is 0 Å². The Balaban J connectivity index is 1.87. The van der Waals surface area contributed by atoms with Crippen LogP contribution in [0.1, 0.15) is 38.7 Å². The normalized spacial score (nSPS) is 15.7. The maximum Gasteiger partial charge on any atom is 0.417 e. The number of nitrogens with zero attached hydrogens (tertiary/aromatic N) is 1. The molecule has 0 aliphatic carbocycles. The zero-order valence-corrected chi connectivity index (χ0v) is 17.9. The monoisotopic (exact) mass is 459 g/mol. The minimum atomic E-state index is -4.68. The van der Waals surface area contributed by atoms with Crippen molar-refractivity contribution in [1.29, 1.82) is 0 Å². The second-order valence-electron chi connectivity index (χ2n) is 7.65. The van der Waals surface area contributed by atoms with Gasteiger partial charge in [0.1, 0.15) is 5.82 Å². The molecule has 0 radical (unpaired) electrons. The molecule has 3 aromatic carbocycles. The van der Waals surface area contributed by atoms with Crippen LogP contribution in [0, 0.1) is 5.82 Å². The van der Waals surface area contributed by atoms with E-state index in [4.69, 9.17) is 9.47 Å². The molecule has 8 heteroatoms. The van der Waals surface area contributed by atoms with Crippen LogP contribution in [-0.4, -0.2) is 31.6 Å². The number of alkyl halides is 3. The minimum Gasteiger partial charge on any atom is -0.493 e. The quantitative estimate of drug-likeness (QED) is 0.474. The van der Waals surface area contributed by atoms with Gasteiger partial charge in [-0.05, 0) is 59.5 Å². The number of carbonyl (C=O) groups excluding carboxylic acids is 1. The highest BCUT2D eigenvalue weighted by Crippen LogP contribution is 2.42. The average Bonchev–Trinajstić information content (AvgIpc) is 2.82. The molecule has 33 heavy (non-hydrogen) atoms. The van der Waals surface area contributed by atoms with Crippen LogP contribution >= 0.6 is 0 Å². The molecule has 0 saturated carbocycles. The first kappa shape index (κ1) is 22.6. The lowest BCUT2D eigenvalue weighted by molar-refractivity contribution is -0.138. The van der Waals surface area contributed by atoms with Gasteiger partial charge in [0.2, 0.25) is 0 Å². The fourth-order valence-electron chi connectivity index (χ4n) is 4.24. The van der Waals surface area contributed by atoms with Crippen LogP contribution < -0.4 is 9.47 Å². The maximum atomic E-state index is 13.6. The first-order valence-electron chi connectivity index (χ1n) is 10.2. The molecule has 0 saturated heterocycles. The lowest BCUT2D eigenvalue weighted by Gasteiger charge is -2.38. The predicted molar refractivity (Wildman–Crippen MR) is 114 cm³/mol. The number of amides is 1. The van der Waals surface area contributed by atoms with Crippen molar-refractivity contribution < 1.29 is 31.8 Å². The minimum absolute atomic E-state index is 0.176. The van der Waals surface area contributed by atoms with Gasteiger partial charge in [0.15, 0.2) is 11.5 Å². The summed E-state index contributed by atoms with van der Waals surface area (Å²) in [5, 5.41) is 0. The van der Waals surface area contributed by atoms with E-state index in [1.165, 1.54) is 61.6 Å². The summed E-state index contributed by atoms with van der Waals surface area (Å²) in [5.41, 5.74) is 0.702. The number of fused-ring (bicyclic) bond motifs is 1. The number of halogens is 4. The van der Waals surface area contributed by atoms with E-state index in [0.717, 1.165) is 11.6 Å². The van der Waals surface area contributed by atoms with Crippen molar-refractivity contribution in [3.8, 4) is 11.5 Å². The third-order valence-corrected chi connectivity index (χ3v) is 5.78. The fourth-order valence-corrected chi connectivity index (χ4v) is 4.24. The number of ether oxygens (including phenoxy) is 2. The summed E-state index contributed by atoms with van der Waals surface area (Å²) in [4.78, 5) is 14.9. The zero-order valence-electron chi connectivity index (χ0n) is 17.9. The standard InChI is InChI=1S/C25H21F4NO3/c1-32-21-13-16-11-12-30(24(31)18-5-3-4-6-20(18)25(27,28)29)23(19(16)14-22(21)33-2)15-7-9-17(26)10-8-15/h3-10,13-14,23H,11-12H2,1-2H3/t23-/m1/s1. The van der Waals surface area contributed by atoms with Gasteiger partial charge in [-0.15, -0.1) is 0 Å². The molecular formula is C25H21F4NO3. The Morgan fingerprint density at radius 3 is 2.24 bits per heavy atom. The molecule has 1 aliphatic rings. The molecule has 0 unspecified atom stereocenters. The van der Waals surface area contributed by atoms with E-state index in [1.807, 2.05) is 0 Å². The molecule has 172 valence electrons. The van der Waals surface area contributed by atoms with Crippen LogP contribution in [-0.2, 0) is 12.6 Å². The molecule has 1 aliphatic heterocycles. The lowest BCUT2D eigenvalue weighted by Crippen LogP contribution is -2.41. The summed E-state index contributed by atoms with van der Waals surface area (Å²) in [6, 6.07) is 13.1. The van der Waals surface area contributed by atoms with E-state index in [-0.39, 0.29) is 6.54 Å². The van der Waals surface area contributed by atoms with Crippen LogP contribution in [0.25, 0.3) is 0 Å². The fraction of sp³-hybridized carbons (Fsp3) is 0.240. The van der Waals surface area contributed by atoms with Gasteiger partial charge in [0.25, 0.3) is 5.91 Å². The SMILES string of the molecule is COc1cc2c(cc1OC)[C@@H](c1ccc(F)cc1)N(C(=O)c1ccccc1C(F)(F)F)CC2. The van der Waals surface area contributed by atoms with Crippen molar-refractivity contribution in [2.45, 2.75) is 18.6 Å². The molecule has 1 atom stereocenters. The third kappa shape index (κ3) is 4.25. The molecule has 0 N–H and O–H groups in total. The molecule has 4 rings (SSSR count). The Kier molecular flexibility index (Phi) is 6.01. The van der Waals surface area contributed by atoms with Gasteiger partial charge >= 0.3 is 6.18 Å². The maximum absolute atomic E-state index is 13.6. The van der Waals surface area contributed by atoms with Gasteiger partial charge in [0.05, 0.1) is 31.4 Å². The molecule has 1 amide bonds. The molecular weight excluding hydrogens is 438 g/mol. The number of hydrogen-bond donors (Lipinski definition) is 0. The molecule has 4 nitrogen and oxygen atoms in total. The highest BCUT2D eigenvalue weighted by atomic mass is 19.4.